The molecule has 5 nitrogen and oxygen atoms in total. The highest BCUT2D eigenvalue weighted by molar-refractivity contribution is 5.74. The fraction of sp³-hybridized carbons (Fsp3) is 0.235. The largest absolute Gasteiger partial charge is 0.454 e. The lowest BCUT2D eigenvalue weighted by atomic mass is 10.1. The maximum absolute atomic E-state index is 12.0. The number of carbonyl (C=O) groups is 1. The van der Waals surface area contributed by atoms with Gasteiger partial charge in [0.1, 0.15) is 0 Å². The summed E-state index contributed by atoms with van der Waals surface area (Å²) in [7, 11) is 0. The standard InChI is InChI=1S/C17H18N2O3/c1-12(14-7-8-15-16(9-14)22-11-21-15)19-17(20)18-10-13-5-3-2-4-6-13/h2-9,12H,10-11H2,1H3,(H2,18,19,20). The van der Waals surface area contributed by atoms with Gasteiger partial charge in [0.25, 0.3) is 0 Å². The number of amides is 2. The Labute approximate surface area is 129 Å². The zero-order valence-corrected chi connectivity index (χ0v) is 12.3. The van der Waals surface area contributed by atoms with Crippen molar-refractivity contribution in [3.8, 4) is 11.5 Å². The maximum atomic E-state index is 12.0. The highest BCUT2D eigenvalue weighted by atomic mass is 16.7. The molecule has 0 spiro atoms. The summed E-state index contributed by atoms with van der Waals surface area (Å²) in [5, 5.41) is 5.76. The first kappa shape index (κ1) is 14.3. The first-order valence-corrected chi connectivity index (χ1v) is 7.20. The van der Waals surface area contributed by atoms with Crippen LogP contribution in [-0.2, 0) is 6.54 Å². The number of hydrogen-bond acceptors (Lipinski definition) is 3. The molecule has 3 rings (SSSR count). The summed E-state index contributed by atoms with van der Waals surface area (Å²) < 4.78 is 10.6. The van der Waals surface area contributed by atoms with Crippen LogP contribution < -0.4 is 20.1 Å². The number of ether oxygens (including phenoxy) is 2. The minimum atomic E-state index is -0.200. The average Bonchev–Trinajstić information content (AvgIpc) is 3.01. The number of rotatable bonds is 4. The summed E-state index contributed by atoms with van der Waals surface area (Å²) in [6, 6.07) is 15.2. The van der Waals surface area contributed by atoms with Gasteiger partial charge < -0.3 is 20.1 Å². The van der Waals surface area contributed by atoms with Crippen molar-refractivity contribution < 1.29 is 14.3 Å². The van der Waals surface area contributed by atoms with Crippen LogP contribution in [-0.4, -0.2) is 12.8 Å². The molecule has 1 aliphatic heterocycles. The van der Waals surface area contributed by atoms with Crippen LogP contribution in [0.2, 0.25) is 0 Å². The lowest BCUT2D eigenvalue weighted by Gasteiger charge is -2.15. The number of carbonyl (C=O) groups excluding carboxylic acids is 1. The van der Waals surface area contributed by atoms with Crippen molar-refractivity contribution in [3.63, 3.8) is 0 Å². The van der Waals surface area contributed by atoms with Crippen molar-refractivity contribution in [1.29, 1.82) is 0 Å². The molecule has 5 heteroatoms. The molecule has 0 bridgehead atoms. The second kappa shape index (κ2) is 6.39. The molecule has 114 valence electrons. The highest BCUT2D eigenvalue weighted by Gasteiger charge is 2.16. The number of fused-ring (bicyclic) bond motifs is 1. The van der Waals surface area contributed by atoms with Gasteiger partial charge in [-0.25, -0.2) is 4.79 Å². The molecular formula is C17H18N2O3. The summed E-state index contributed by atoms with van der Waals surface area (Å²) in [4.78, 5) is 12.0. The molecule has 1 aliphatic rings. The molecule has 0 saturated heterocycles. The van der Waals surface area contributed by atoms with E-state index in [2.05, 4.69) is 10.6 Å². The van der Waals surface area contributed by atoms with Crippen molar-refractivity contribution in [2.75, 3.05) is 6.79 Å². The fourth-order valence-electron chi connectivity index (χ4n) is 2.29. The molecular weight excluding hydrogens is 280 g/mol. The number of urea groups is 1. The summed E-state index contributed by atoms with van der Waals surface area (Å²) in [6.07, 6.45) is 0. The Bertz CT molecular complexity index is 658. The van der Waals surface area contributed by atoms with Crippen LogP contribution in [0.4, 0.5) is 4.79 Å². The Hall–Kier alpha value is -2.69. The van der Waals surface area contributed by atoms with E-state index in [0.29, 0.717) is 6.54 Å². The minimum Gasteiger partial charge on any atom is -0.454 e. The van der Waals surface area contributed by atoms with Crippen LogP contribution in [0.15, 0.2) is 48.5 Å². The molecule has 0 saturated carbocycles. The quantitative estimate of drug-likeness (QED) is 0.912. The van der Waals surface area contributed by atoms with E-state index < -0.39 is 0 Å². The second-order valence-electron chi connectivity index (χ2n) is 5.15. The van der Waals surface area contributed by atoms with Gasteiger partial charge in [0.15, 0.2) is 11.5 Å². The zero-order valence-electron chi connectivity index (χ0n) is 12.3. The van der Waals surface area contributed by atoms with E-state index in [4.69, 9.17) is 9.47 Å². The third-order valence-electron chi connectivity index (χ3n) is 3.54. The van der Waals surface area contributed by atoms with Gasteiger partial charge in [0.05, 0.1) is 6.04 Å². The Morgan fingerprint density at radius 1 is 1.14 bits per heavy atom. The fourth-order valence-corrected chi connectivity index (χ4v) is 2.29. The smallest absolute Gasteiger partial charge is 0.315 e. The van der Waals surface area contributed by atoms with Crippen LogP contribution in [0.5, 0.6) is 11.5 Å². The summed E-state index contributed by atoms with van der Waals surface area (Å²) >= 11 is 0. The molecule has 0 aliphatic carbocycles. The minimum absolute atomic E-state index is 0.120. The van der Waals surface area contributed by atoms with E-state index in [1.807, 2.05) is 55.5 Å². The molecule has 2 N–H and O–H groups in total. The van der Waals surface area contributed by atoms with Gasteiger partial charge in [-0.2, -0.15) is 0 Å². The van der Waals surface area contributed by atoms with Crippen LogP contribution in [0.3, 0.4) is 0 Å². The summed E-state index contributed by atoms with van der Waals surface area (Å²) in [6.45, 7) is 2.68. The van der Waals surface area contributed by atoms with E-state index >= 15 is 0 Å². The highest BCUT2D eigenvalue weighted by Crippen LogP contribution is 2.34. The SMILES string of the molecule is CC(NC(=O)NCc1ccccc1)c1ccc2c(c1)OCO2. The molecule has 0 aromatic heterocycles. The van der Waals surface area contributed by atoms with Crippen LogP contribution in [0, 0.1) is 0 Å². The third kappa shape index (κ3) is 3.31. The van der Waals surface area contributed by atoms with Crippen LogP contribution in [0.1, 0.15) is 24.1 Å². The Balaban J connectivity index is 1.55. The zero-order chi connectivity index (χ0) is 15.4. The van der Waals surface area contributed by atoms with E-state index in [1.54, 1.807) is 0 Å². The van der Waals surface area contributed by atoms with Crippen molar-refractivity contribution in [3.05, 3.63) is 59.7 Å². The van der Waals surface area contributed by atoms with E-state index in [-0.39, 0.29) is 18.9 Å². The molecule has 2 aromatic carbocycles. The van der Waals surface area contributed by atoms with Crippen LogP contribution in [0.25, 0.3) is 0 Å². The van der Waals surface area contributed by atoms with Crippen molar-refractivity contribution in [1.82, 2.24) is 10.6 Å². The van der Waals surface area contributed by atoms with Gasteiger partial charge in [-0.1, -0.05) is 36.4 Å². The lowest BCUT2D eigenvalue weighted by Crippen LogP contribution is -2.36. The summed E-state index contributed by atoms with van der Waals surface area (Å²) in [5.41, 5.74) is 2.03. The Morgan fingerprint density at radius 2 is 1.91 bits per heavy atom. The monoisotopic (exact) mass is 298 g/mol. The third-order valence-corrected chi connectivity index (χ3v) is 3.54. The van der Waals surface area contributed by atoms with Gasteiger partial charge in [-0.3, -0.25) is 0 Å². The Kier molecular flexibility index (Phi) is 4.14. The molecule has 1 atom stereocenters. The number of hydrogen-bond donors (Lipinski definition) is 2. The van der Waals surface area contributed by atoms with E-state index in [9.17, 15) is 4.79 Å². The second-order valence-corrected chi connectivity index (χ2v) is 5.15. The first-order chi connectivity index (χ1) is 10.7. The average molecular weight is 298 g/mol. The molecule has 1 heterocycles. The molecule has 1 unspecified atom stereocenters. The van der Waals surface area contributed by atoms with Crippen molar-refractivity contribution in [2.24, 2.45) is 0 Å². The number of benzene rings is 2. The normalized spacial score (nSPS) is 13.5. The van der Waals surface area contributed by atoms with Gasteiger partial charge in [-0.15, -0.1) is 0 Å². The van der Waals surface area contributed by atoms with E-state index in [1.165, 1.54) is 0 Å². The predicted molar refractivity (Wildman–Crippen MR) is 82.8 cm³/mol. The van der Waals surface area contributed by atoms with Crippen LogP contribution >= 0.6 is 0 Å². The van der Waals surface area contributed by atoms with Gasteiger partial charge >= 0.3 is 6.03 Å². The molecule has 2 amide bonds. The number of nitrogens with one attached hydrogen (secondary N) is 2. The molecule has 2 aromatic rings. The van der Waals surface area contributed by atoms with Gasteiger partial charge in [0, 0.05) is 6.54 Å². The molecule has 0 radical (unpaired) electrons. The first-order valence-electron chi connectivity index (χ1n) is 7.20. The Morgan fingerprint density at radius 3 is 2.73 bits per heavy atom. The van der Waals surface area contributed by atoms with Gasteiger partial charge in [-0.05, 0) is 30.2 Å². The van der Waals surface area contributed by atoms with Gasteiger partial charge in [0.2, 0.25) is 6.79 Å². The predicted octanol–water partition coefficient (Wildman–Crippen LogP) is 2.98. The van der Waals surface area contributed by atoms with Crippen molar-refractivity contribution >= 4 is 6.03 Å². The summed E-state index contributed by atoms with van der Waals surface area (Å²) in [5.74, 6) is 1.46. The lowest BCUT2D eigenvalue weighted by molar-refractivity contribution is 0.174. The van der Waals surface area contributed by atoms with E-state index in [0.717, 1.165) is 22.6 Å². The molecule has 0 fully saturated rings. The van der Waals surface area contributed by atoms with Crippen molar-refractivity contribution in [2.45, 2.75) is 19.5 Å². The topological polar surface area (TPSA) is 59.6 Å². The maximum Gasteiger partial charge on any atom is 0.315 e. The molecule has 22 heavy (non-hydrogen) atoms.